The van der Waals surface area contributed by atoms with Crippen LogP contribution in [0.1, 0.15) is 5.56 Å². The minimum atomic E-state index is 0.599. The van der Waals surface area contributed by atoms with Crippen LogP contribution in [-0.4, -0.2) is 7.11 Å². The summed E-state index contributed by atoms with van der Waals surface area (Å²) in [6, 6.07) is 11.3. The van der Waals surface area contributed by atoms with Gasteiger partial charge < -0.3 is 10.1 Å². The van der Waals surface area contributed by atoms with Gasteiger partial charge in [-0.05, 0) is 48.9 Å². The zero-order valence-corrected chi connectivity index (χ0v) is 11.6. The number of benzene rings is 2. The molecule has 0 fully saturated rings. The van der Waals surface area contributed by atoms with Crippen molar-refractivity contribution in [3.63, 3.8) is 0 Å². The molecular formula is C14H13Cl2NO. The average molecular weight is 282 g/mol. The van der Waals surface area contributed by atoms with Gasteiger partial charge in [0.15, 0.2) is 0 Å². The third kappa shape index (κ3) is 2.89. The first-order valence-corrected chi connectivity index (χ1v) is 6.22. The van der Waals surface area contributed by atoms with E-state index >= 15 is 0 Å². The van der Waals surface area contributed by atoms with Crippen molar-refractivity contribution >= 4 is 34.6 Å². The molecule has 0 spiro atoms. The van der Waals surface area contributed by atoms with Crippen molar-refractivity contribution in [2.24, 2.45) is 0 Å². The summed E-state index contributed by atoms with van der Waals surface area (Å²) in [5.74, 6) is 0.818. The number of nitrogens with one attached hydrogen (secondary N) is 1. The maximum absolute atomic E-state index is 6.14. The first-order valence-electron chi connectivity index (χ1n) is 5.47. The quantitative estimate of drug-likeness (QED) is 0.850. The molecule has 4 heteroatoms. The van der Waals surface area contributed by atoms with E-state index in [4.69, 9.17) is 27.9 Å². The second kappa shape index (κ2) is 5.51. The van der Waals surface area contributed by atoms with E-state index in [0.717, 1.165) is 22.7 Å². The number of methoxy groups -OCH3 is 1. The van der Waals surface area contributed by atoms with E-state index in [0.29, 0.717) is 10.0 Å². The van der Waals surface area contributed by atoms with Crippen LogP contribution in [0.4, 0.5) is 11.4 Å². The van der Waals surface area contributed by atoms with Gasteiger partial charge in [-0.3, -0.25) is 0 Å². The standard InChI is InChI=1S/C14H13Cl2NO/c1-9-7-14(13(16)8-12(9)15)17-10-3-5-11(18-2)6-4-10/h3-8,17H,1-2H3. The van der Waals surface area contributed by atoms with Crippen LogP contribution in [0.2, 0.25) is 10.0 Å². The molecule has 0 aliphatic carbocycles. The van der Waals surface area contributed by atoms with Gasteiger partial charge in [-0.1, -0.05) is 23.2 Å². The van der Waals surface area contributed by atoms with Crippen LogP contribution < -0.4 is 10.1 Å². The van der Waals surface area contributed by atoms with Crippen LogP contribution in [0.25, 0.3) is 0 Å². The van der Waals surface area contributed by atoms with E-state index < -0.39 is 0 Å². The Balaban J connectivity index is 2.25. The van der Waals surface area contributed by atoms with Gasteiger partial charge in [0.1, 0.15) is 5.75 Å². The molecule has 0 amide bonds. The molecule has 2 aromatic carbocycles. The number of rotatable bonds is 3. The smallest absolute Gasteiger partial charge is 0.119 e. The summed E-state index contributed by atoms with van der Waals surface area (Å²) in [6.07, 6.45) is 0. The third-order valence-corrected chi connectivity index (χ3v) is 3.34. The maximum atomic E-state index is 6.14. The minimum absolute atomic E-state index is 0.599. The Kier molecular flexibility index (Phi) is 4.00. The Hall–Kier alpha value is -1.38. The van der Waals surface area contributed by atoms with Crippen molar-refractivity contribution < 1.29 is 4.74 Å². The number of ether oxygens (including phenoxy) is 1. The van der Waals surface area contributed by atoms with Crippen molar-refractivity contribution in [3.05, 3.63) is 52.0 Å². The lowest BCUT2D eigenvalue weighted by molar-refractivity contribution is 0.415. The molecule has 0 atom stereocenters. The number of hydrogen-bond donors (Lipinski definition) is 1. The topological polar surface area (TPSA) is 21.3 Å². The third-order valence-electron chi connectivity index (χ3n) is 2.62. The van der Waals surface area contributed by atoms with Gasteiger partial charge in [0.25, 0.3) is 0 Å². The minimum Gasteiger partial charge on any atom is -0.497 e. The Morgan fingerprint density at radius 2 is 1.67 bits per heavy atom. The predicted octanol–water partition coefficient (Wildman–Crippen LogP) is 5.05. The zero-order valence-electron chi connectivity index (χ0n) is 10.1. The second-order valence-electron chi connectivity index (χ2n) is 3.93. The molecule has 2 aromatic rings. The normalized spacial score (nSPS) is 10.2. The Labute approximate surface area is 116 Å². The van der Waals surface area contributed by atoms with Gasteiger partial charge >= 0.3 is 0 Å². The van der Waals surface area contributed by atoms with Crippen LogP contribution >= 0.6 is 23.2 Å². The van der Waals surface area contributed by atoms with E-state index in [-0.39, 0.29) is 0 Å². The summed E-state index contributed by atoms with van der Waals surface area (Å²) >= 11 is 12.1. The van der Waals surface area contributed by atoms with E-state index in [2.05, 4.69) is 5.32 Å². The number of hydrogen-bond acceptors (Lipinski definition) is 2. The number of aryl methyl sites for hydroxylation is 1. The molecule has 0 heterocycles. The van der Waals surface area contributed by atoms with E-state index in [1.807, 2.05) is 37.3 Å². The molecule has 18 heavy (non-hydrogen) atoms. The molecule has 0 aliphatic rings. The molecule has 0 saturated heterocycles. The van der Waals surface area contributed by atoms with Gasteiger partial charge in [-0.15, -0.1) is 0 Å². The first-order chi connectivity index (χ1) is 8.60. The molecule has 0 aromatic heterocycles. The SMILES string of the molecule is COc1ccc(Nc2cc(C)c(Cl)cc2Cl)cc1. The fraction of sp³-hybridized carbons (Fsp3) is 0.143. The molecule has 2 nitrogen and oxygen atoms in total. The molecule has 0 radical (unpaired) electrons. The largest absolute Gasteiger partial charge is 0.497 e. The summed E-state index contributed by atoms with van der Waals surface area (Å²) in [7, 11) is 1.64. The molecule has 1 N–H and O–H groups in total. The summed E-state index contributed by atoms with van der Waals surface area (Å²) < 4.78 is 5.11. The molecule has 0 saturated carbocycles. The molecule has 0 bridgehead atoms. The second-order valence-corrected chi connectivity index (χ2v) is 4.75. The van der Waals surface area contributed by atoms with Crippen LogP contribution in [0.15, 0.2) is 36.4 Å². The Bertz CT molecular complexity index is 552. The van der Waals surface area contributed by atoms with E-state index in [1.54, 1.807) is 13.2 Å². The molecule has 0 aliphatic heterocycles. The van der Waals surface area contributed by atoms with Gasteiger partial charge in [-0.25, -0.2) is 0 Å². The van der Waals surface area contributed by atoms with Crippen molar-refractivity contribution in [2.45, 2.75) is 6.92 Å². The molecule has 2 rings (SSSR count). The predicted molar refractivity (Wildman–Crippen MR) is 77.5 cm³/mol. The monoisotopic (exact) mass is 281 g/mol. The highest BCUT2D eigenvalue weighted by Gasteiger charge is 2.05. The van der Waals surface area contributed by atoms with Gasteiger partial charge in [-0.2, -0.15) is 0 Å². The Morgan fingerprint density at radius 3 is 2.28 bits per heavy atom. The number of halogens is 2. The van der Waals surface area contributed by atoms with Crippen LogP contribution in [-0.2, 0) is 0 Å². The van der Waals surface area contributed by atoms with Crippen molar-refractivity contribution in [1.29, 1.82) is 0 Å². The van der Waals surface area contributed by atoms with Crippen LogP contribution in [0, 0.1) is 6.92 Å². The first kappa shape index (κ1) is 13.1. The highest BCUT2D eigenvalue weighted by molar-refractivity contribution is 6.36. The van der Waals surface area contributed by atoms with Gasteiger partial charge in [0, 0.05) is 10.7 Å². The van der Waals surface area contributed by atoms with Crippen molar-refractivity contribution in [3.8, 4) is 5.75 Å². The highest BCUT2D eigenvalue weighted by Crippen LogP contribution is 2.31. The van der Waals surface area contributed by atoms with E-state index in [1.165, 1.54) is 0 Å². The number of anilines is 2. The van der Waals surface area contributed by atoms with Gasteiger partial charge in [0.2, 0.25) is 0 Å². The molecule has 0 unspecified atom stereocenters. The fourth-order valence-corrected chi connectivity index (χ4v) is 2.01. The average Bonchev–Trinajstić information content (AvgIpc) is 2.37. The highest BCUT2D eigenvalue weighted by atomic mass is 35.5. The lowest BCUT2D eigenvalue weighted by Gasteiger charge is -2.11. The molecular weight excluding hydrogens is 269 g/mol. The lowest BCUT2D eigenvalue weighted by atomic mass is 10.2. The van der Waals surface area contributed by atoms with Crippen molar-refractivity contribution in [2.75, 3.05) is 12.4 Å². The summed E-state index contributed by atoms with van der Waals surface area (Å²) in [6.45, 7) is 1.94. The maximum Gasteiger partial charge on any atom is 0.119 e. The van der Waals surface area contributed by atoms with Crippen LogP contribution in [0.5, 0.6) is 5.75 Å². The van der Waals surface area contributed by atoms with E-state index in [9.17, 15) is 0 Å². The summed E-state index contributed by atoms with van der Waals surface area (Å²) in [5.41, 5.74) is 2.76. The summed E-state index contributed by atoms with van der Waals surface area (Å²) in [4.78, 5) is 0. The molecule has 94 valence electrons. The summed E-state index contributed by atoms with van der Waals surface area (Å²) in [5, 5.41) is 4.51. The fourth-order valence-electron chi connectivity index (χ4n) is 1.58. The Morgan fingerprint density at radius 1 is 1.00 bits per heavy atom. The lowest BCUT2D eigenvalue weighted by Crippen LogP contribution is -1.92. The van der Waals surface area contributed by atoms with Gasteiger partial charge in [0.05, 0.1) is 17.8 Å². The zero-order chi connectivity index (χ0) is 13.1. The van der Waals surface area contributed by atoms with Crippen molar-refractivity contribution in [1.82, 2.24) is 0 Å². The van der Waals surface area contributed by atoms with Crippen LogP contribution in [0.3, 0.4) is 0 Å².